The summed E-state index contributed by atoms with van der Waals surface area (Å²) in [5.41, 5.74) is 2.41. The van der Waals surface area contributed by atoms with Crippen molar-refractivity contribution in [1.29, 1.82) is 0 Å². The molecule has 1 N–H and O–H groups in total. The molecule has 20 heavy (non-hydrogen) atoms. The largest absolute Gasteiger partial charge is 0.378 e. The zero-order valence-corrected chi connectivity index (χ0v) is 12.3. The van der Waals surface area contributed by atoms with E-state index in [0.717, 1.165) is 25.0 Å². The Morgan fingerprint density at radius 2 is 2.10 bits per heavy atom. The zero-order valence-electron chi connectivity index (χ0n) is 12.3. The molecule has 2 fully saturated rings. The number of benzene rings is 1. The van der Waals surface area contributed by atoms with Crippen molar-refractivity contribution in [3.05, 3.63) is 35.4 Å². The van der Waals surface area contributed by atoms with E-state index >= 15 is 0 Å². The van der Waals surface area contributed by atoms with Crippen molar-refractivity contribution in [1.82, 2.24) is 5.32 Å². The van der Waals surface area contributed by atoms with Gasteiger partial charge in [0.15, 0.2) is 0 Å². The minimum atomic E-state index is 0.137. The molecule has 0 radical (unpaired) electrons. The zero-order chi connectivity index (χ0) is 14.1. The van der Waals surface area contributed by atoms with E-state index in [1.165, 1.54) is 5.56 Å². The smallest absolute Gasteiger partial charge is 0.224 e. The summed E-state index contributed by atoms with van der Waals surface area (Å²) < 4.78 is 5.57. The minimum Gasteiger partial charge on any atom is -0.378 e. The summed E-state index contributed by atoms with van der Waals surface area (Å²) in [6, 6.07) is 8.72. The second-order valence-corrected chi connectivity index (χ2v) is 6.34. The third kappa shape index (κ3) is 2.73. The normalized spacial score (nSPS) is 28.1. The number of ether oxygens (including phenoxy) is 1. The van der Waals surface area contributed by atoms with Crippen molar-refractivity contribution in [2.24, 2.45) is 5.92 Å². The molecule has 1 aromatic carbocycles. The molecule has 108 valence electrons. The number of rotatable bonds is 4. The molecule has 1 aliphatic heterocycles. The van der Waals surface area contributed by atoms with E-state index in [4.69, 9.17) is 4.74 Å². The molecule has 1 aromatic rings. The van der Waals surface area contributed by atoms with Crippen LogP contribution in [0.3, 0.4) is 0 Å². The molecule has 1 saturated carbocycles. The van der Waals surface area contributed by atoms with Crippen LogP contribution in [0.4, 0.5) is 0 Å². The van der Waals surface area contributed by atoms with Crippen molar-refractivity contribution >= 4 is 5.91 Å². The molecule has 2 aliphatic rings. The van der Waals surface area contributed by atoms with Crippen LogP contribution in [0.2, 0.25) is 0 Å². The van der Waals surface area contributed by atoms with E-state index < -0.39 is 0 Å². The first-order valence-corrected chi connectivity index (χ1v) is 7.63. The van der Waals surface area contributed by atoms with Gasteiger partial charge in [0.1, 0.15) is 0 Å². The lowest BCUT2D eigenvalue weighted by atomic mass is 9.76. The van der Waals surface area contributed by atoms with Gasteiger partial charge >= 0.3 is 0 Å². The Kier molecular flexibility index (Phi) is 3.79. The van der Waals surface area contributed by atoms with Crippen LogP contribution in [0.25, 0.3) is 0 Å². The Hall–Kier alpha value is -1.35. The Labute approximate surface area is 120 Å². The standard InChI is InChI=1S/C17H23NO2/c1-11(2)13-5-3-12(4-6-13)9-17(19)18-15-10-16-14(15)7-8-20-16/h3-6,11,14-16H,7-10H2,1-2H3,(H,18,19)/t14-,15+,16+/m0/s1. The molecule has 1 amide bonds. The highest BCUT2D eigenvalue weighted by Gasteiger charge is 2.45. The van der Waals surface area contributed by atoms with Crippen LogP contribution in [0.5, 0.6) is 0 Å². The van der Waals surface area contributed by atoms with E-state index in [1.807, 2.05) is 0 Å². The molecule has 0 aromatic heterocycles. The van der Waals surface area contributed by atoms with Crippen molar-refractivity contribution in [2.75, 3.05) is 6.61 Å². The van der Waals surface area contributed by atoms with E-state index in [2.05, 4.69) is 43.4 Å². The highest BCUT2D eigenvalue weighted by atomic mass is 16.5. The molecule has 0 bridgehead atoms. The number of carbonyl (C=O) groups excluding carboxylic acids is 1. The van der Waals surface area contributed by atoms with Crippen molar-refractivity contribution in [3.8, 4) is 0 Å². The monoisotopic (exact) mass is 273 g/mol. The number of hydrogen-bond donors (Lipinski definition) is 1. The van der Waals surface area contributed by atoms with Crippen LogP contribution >= 0.6 is 0 Å². The summed E-state index contributed by atoms with van der Waals surface area (Å²) in [6.07, 6.45) is 2.97. The number of carbonyl (C=O) groups is 1. The molecular weight excluding hydrogens is 250 g/mol. The summed E-state index contributed by atoms with van der Waals surface area (Å²) in [6.45, 7) is 5.22. The number of amides is 1. The number of hydrogen-bond acceptors (Lipinski definition) is 2. The van der Waals surface area contributed by atoms with Gasteiger partial charge in [0.2, 0.25) is 5.91 Å². The molecule has 3 heteroatoms. The first-order chi connectivity index (χ1) is 9.63. The third-order valence-electron chi connectivity index (χ3n) is 4.62. The molecular formula is C17H23NO2. The molecule has 3 atom stereocenters. The second-order valence-electron chi connectivity index (χ2n) is 6.34. The maximum absolute atomic E-state index is 12.1. The van der Waals surface area contributed by atoms with Crippen molar-refractivity contribution in [2.45, 2.75) is 51.2 Å². The van der Waals surface area contributed by atoms with Crippen molar-refractivity contribution in [3.63, 3.8) is 0 Å². The van der Waals surface area contributed by atoms with Crippen LogP contribution in [0.1, 0.15) is 43.7 Å². The van der Waals surface area contributed by atoms with Gasteiger partial charge in [0.05, 0.1) is 12.5 Å². The van der Waals surface area contributed by atoms with Gasteiger partial charge in [-0.3, -0.25) is 4.79 Å². The van der Waals surface area contributed by atoms with Gasteiger partial charge in [-0.05, 0) is 29.9 Å². The quantitative estimate of drug-likeness (QED) is 0.916. The van der Waals surface area contributed by atoms with E-state index in [1.54, 1.807) is 0 Å². The van der Waals surface area contributed by atoms with Crippen LogP contribution in [0.15, 0.2) is 24.3 Å². The molecule has 1 heterocycles. The van der Waals surface area contributed by atoms with Crippen LogP contribution < -0.4 is 5.32 Å². The first kappa shape index (κ1) is 13.6. The maximum Gasteiger partial charge on any atom is 0.224 e. The van der Waals surface area contributed by atoms with E-state index in [9.17, 15) is 4.79 Å². The second kappa shape index (κ2) is 5.57. The van der Waals surface area contributed by atoms with E-state index in [0.29, 0.717) is 30.4 Å². The fourth-order valence-corrected chi connectivity index (χ4v) is 3.23. The molecule has 1 saturated heterocycles. The van der Waals surface area contributed by atoms with Gasteiger partial charge in [0.25, 0.3) is 0 Å². The maximum atomic E-state index is 12.1. The average Bonchev–Trinajstić information content (AvgIpc) is 2.78. The van der Waals surface area contributed by atoms with Crippen LogP contribution in [-0.2, 0) is 16.0 Å². The van der Waals surface area contributed by atoms with Gasteiger partial charge in [-0.1, -0.05) is 38.1 Å². The molecule has 3 rings (SSSR count). The van der Waals surface area contributed by atoms with Gasteiger partial charge in [0, 0.05) is 18.6 Å². The lowest BCUT2D eigenvalue weighted by Gasteiger charge is -2.39. The molecule has 3 nitrogen and oxygen atoms in total. The fraction of sp³-hybridized carbons (Fsp3) is 0.588. The van der Waals surface area contributed by atoms with Gasteiger partial charge in [-0.15, -0.1) is 0 Å². The first-order valence-electron chi connectivity index (χ1n) is 7.63. The lowest BCUT2D eigenvalue weighted by Crippen LogP contribution is -2.53. The third-order valence-corrected chi connectivity index (χ3v) is 4.62. The Morgan fingerprint density at radius 1 is 1.35 bits per heavy atom. The highest BCUT2D eigenvalue weighted by molar-refractivity contribution is 5.79. The predicted molar refractivity (Wildman–Crippen MR) is 78.6 cm³/mol. The Balaban J connectivity index is 1.51. The fourth-order valence-electron chi connectivity index (χ4n) is 3.23. The summed E-state index contributed by atoms with van der Waals surface area (Å²) >= 11 is 0. The van der Waals surface area contributed by atoms with Gasteiger partial charge in [-0.2, -0.15) is 0 Å². The number of fused-ring (bicyclic) bond motifs is 1. The number of nitrogens with one attached hydrogen (secondary N) is 1. The Morgan fingerprint density at radius 3 is 2.75 bits per heavy atom. The summed E-state index contributed by atoms with van der Waals surface area (Å²) in [5, 5.41) is 3.15. The molecule has 1 aliphatic carbocycles. The lowest BCUT2D eigenvalue weighted by molar-refractivity contribution is -0.123. The van der Waals surface area contributed by atoms with Crippen LogP contribution in [0, 0.1) is 5.92 Å². The summed E-state index contributed by atoms with van der Waals surface area (Å²) in [7, 11) is 0. The summed E-state index contributed by atoms with van der Waals surface area (Å²) in [5.74, 6) is 1.23. The molecule has 0 spiro atoms. The van der Waals surface area contributed by atoms with Gasteiger partial charge < -0.3 is 10.1 Å². The highest BCUT2D eigenvalue weighted by Crippen LogP contribution is 2.38. The SMILES string of the molecule is CC(C)c1ccc(CC(=O)N[C@@H]2C[C@H]3OCC[C@@H]23)cc1. The topological polar surface area (TPSA) is 38.3 Å². The van der Waals surface area contributed by atoms with Crippen molar-refractivity contribution < 1.29 is 9.53 Å². The van der Waals surface area contributed by atoms with Crippen LogP contribution in [-0.4, -0.2) is 24.7 Å². The predicted octanol–water partition coefficient (Wildman–Crippen LogP) is 2.65. The molecule has 0 unspecified atom stereocenters. The van der Waals surface area contributed by atoms with E-state index in [-0.39, 0.29) is 5.91 Å². The Bertz CT molecular complexity index is 480. The summed E-state index contributed by atoms with van der Waals surface area (Å²) in [4.78, 5) is 12.1. The van der Waals surface area contributed by atoms with Gasteiger partial charge in [-0.25, -0.2) is 0 Å². The minimum absolute atomic E-state index is 0.137. The average molecular weight is 273 g/mol.